The lowest BCUT2D eigenvalue weighted by Crippen LogP contribution is -1.98. The maximum absolute atomic E-state index is 9.35. The highest BCUT2D eigenvalue weighted by Crippen LogP contribution is 2.37. The van der Waals surface area contributed by atoms with Gasteiger partial charge in [-0.3, -0.25) is 0 Å². The van der Waals surface area contributed by atoms with E-state index in [4.69, 9.17) is 40.5 Å². The van der Waals surface area contributed by atoms with E-state index in [1.165, 1.54) is 6.07 Å². The summed E-state index contributed by atoms with van der Waals surface area (Å²) in [5, 5.41) is 10.0. The summed E-state index contributed by atoms with van der Waals surface area (Å²) in [4.78, 5) is 0. The SMILES string of the molecule is Cl.NCc1c(O)c(Cl)cc(Cl)c1Cl. The molecule has 6 heteroatoms. The van der Waals surface area contributed by atoms with E-state index in [0.29, 0.717) is 10.6 Å². The zero-order valence-electron chi connectivity index (χ0n) is 6.35. The van der Waals surface area contributed by atoms with E-state index in [-0.39, 0.29) is 34.7 Å². The minimum absolute atomic E-state index is 0. The molecule has 0 atom stereocenters. The fraction of sp³-hybridized carbons (Fsp3) is 0.143. The molecule has 0 heterocycles. The minimum Gasteiger partial charge on any atom is -0.506 e. The second-order valence-corrected chi connectivity index (χ2v) is 3.38. The summed E-state index contributed by atoms with van der Waals surface area (Å²) in [6, 6.07) is 1.37. The molecule has 3 N–H and O–H groups in total. The monoisotopic (exact) mass is 261 g/mol. The van der Waals surface area contributed by atoms with Gasteiger partial charge in [0.25, 0.3) is 0 Å². The van der Waals surface area contributed by atoms with Crippen molar-refractivity contribution in [2.24, 2.45) is 5.73 Å². The Kier molecular flexibility index (Phi) is 5.18. The highest BCUT2D eigenvalue weighted by atomic mass is 35.5. The molecule has 0 amide bonds. The summed E-state index contributed by atoms with van der Waals surface area (Å²) in [7, 11) is 0. The number of benzene rings is 1. The Morgan fingerprint density at radius 2 is 1.77 bits per heavy atom. The van der Waals surface area contributed by atoms with Crippen molar-refractivity contribution in [2.75, 3.05) is 0 Å². The van der Waals surface area contributed by atoms with E-state index in [0.717, 1.165) is 0 Å². The van der Waals surface area contributed by atoms with Gasteiger partial charge in [0.15, 0.2) is 0 Å². The first-order valence-corrected chi connectivity index (χ1v) is 4.26. The third-order valence-corrected chi connectivity index (χ3v) is 2.56. The summed E-state index contributed by atoms with van der Waals surface area (Å²) in [5.74, 6) is -0.103. The molecule has 0 aliphatic rings. The summed E-state index contributed by atoms with van der Waals surface area (Å²) >= 11 is 17.0. The topological polar surface area (TPSA) is 46.2 Å². The molecule has 0 fully saturated rings. The van der Waals surface area contributed by atoms with Crippen LogP contribution in [0.2, 0.25) is 15.1 Å². The van der Waals surface area contributed by atoms with Crippen molar-refractivity contribution < 1.29 is 5.11 Å². The molecule has 0 saturated heterocycles. The number of hydrogen-bond donors (Lipinski definition) is 2. The Bertz CT molecular complexity index is 290. The smallest absolute Gasteiger partial charge is 0.140 e. The zero-order chi connectivity index (χ0) is 9.30. The largest absolute Gasteiger partial charge is 0.506 e. The van der Waals surface area contributed by atoms with Gasteiger partial charge in [0.05, 0.1) is 15.1 Å². The highest BCUT2D eigenvalue weighted by molar-refractivity contribution is 6.44. The first-order valence-electron chi connectivity index (χ1n) is 3.13. The van der Waals surface area contributed by atoms with E-state index in [9.17, 15) is 5.11 Å². The quantitative estimate of drug-likeness (QED) is 0.764. The summed E-state index contributed by atoms with van der Waals surface area (Å²) in [5.41, 5.74) is 5.70. The maximum Gasteiger partial charge on any atom is 0.140 e. The third-order valence-electron chi connectivity index (χ3n) is 1.44. The third kappa shape index (κ3) is 2.55. The lowest BCUT2D eigenvalue weighted by molar-refractivity contribution is 0.469. The van der Waals surface area contributed by atoms with Crippen molar-refractivity contribution in [3.8, 4) is 5.75 Å². The van der Waals surface area contributed by atoms with Gasteiger partial charge in [-0.05, 0) is 6.07 Å². The maximum atomic E-state index is 9.35. The molecule has 0 unspecified atom stereocenters. The van der Waals surface area contributed by atoms with Gasteiger partial charge in [-0.25, -0.2) is 0 Å². The van der Waals surface area contributed by atoms with Crippen molar-refractivity contribution in [3.05, 3.63) is 26.7 Å². The average molecular weight is 263 g/mol. The zero-order valence-corrected chi connectivity index (χ0v) is 9.44. The number of nitrogens with two attached hydrogens (primary N) is 1. The van der Waals surface area contributed by atoms with Gasteiger partial charge in [-0.15, -0.1) is 12.4 Å². The first kappa shape index (κ1) is 13.1. The molecule has 1 aromatic carbocycles. The Balaban J connectivity index is 0.00000144. The number of phenols is 1. The number of rotatable bonds is 1. The van der Waals surface area contributed by atoms with Gasteiger partial charge in [0, 0.05) is 12.1 Å². The van der Waals surface area contributed by atoms with Gasteiger partial charge < -0.3 is 10.8 Å². The van der Waals surface area contributed by atoms with Gasteiger partial charge >= 0.3 is 0 Å². The molecule has 13 heavy (non-hydrogen) atoms. The molecule has 0 aliphatic heterocycles. The van der Waals surface area contributed by atoms with Crippen LogP contribution in [0.4, 0.5) is 0 Å². The number of phenolic OH excluding ortho intramolecular Hbond substituents is 1. The predicted molar refractivity (Wildman–Crippen MR) is 58.3 cm³/mol. The standard InChI is InChI=1S/C7H6Cl3NO.ClH/c8-4-1-5(9)7(12)3(2-11)6(4)10;/h1,12H,2,11H2;1H. The molecule has 0 bridgehead atoms. The molecule has 1 rings (SSSR count). The molecule has 0 aromatic heterocycles. The Hall–Kier alpha value is 0.140. The normalized spacial score (nSPS) is 9.54. The van der Waals surface area contributed by atoms with E-state index < -0.39 is 0 Å². The first-order chi connectivity index (χ1) is 5.57. The van der Waals surface area contributed by atoms with Crippen molar-refractivity contribution in [1.29, 1.82) is 0 Å². The van der Waals surface area contributed by atoms with Crippen LogP contribution < -0.4 is 5.73 Å². The van der Waals surface area contributed by atoms with Crippen LogP contribution in [0.25, 0.3) is 0 Å². The van der Waals surface area contributed by atoms with Crippen LogP contribution in [-0.4, -0.2) is 5.11 Å². The molecule has 0 saturated carbocycles. The fourth-order valence-corrected chi connectivity index (χ4v) is 1.54. The van der Waals surface area contributed by atoms with Crippen LogP contribution in [0.15, 0.2) is 6.07 Å². The number of hydrogen-bond acceptors (Lipinski definition) is 2. The second-order valence-electron chi connectivity index (χ2n) is 2.19. The van der Waals surface area contributed by atoms with Crippen LogP contribution >= 0.6 is 47.2 Å². The van der Waals surface area contributed by atoms with Crippen LogP contribution in [0.5, 0.6) is 5.75 Å². The minimum atomic E-state index is -0.103. The van der Waals surface area contributed by atoms with Gasteiger partial charge in [-0.1, -0.05) is 34.8 Å². The summed E-state index contributed by atoms with van der Waals surface area (Å²) in [6.45, 7) is 0.102. The molecule has 74 valence electrons. The lowest BCUT2D eigenvalue weighted by Gasteiger charge is -2.07. The molecule has 0 aliphatic carbocycles. The summed E-state index contributed by atoms with van der Waals surface area (Å²) in [6.07, 6.45) is 0. The Morgan fingerprint density at radius 1 is 1.23 bits per heavy atom. The van der Waals surface area contributed by atoms with E-state index in [1.54, 1.807) is 0 Å². The molecule has 0 radical (unpaired) electrons. The lowest BCUT2D eigenvalue weighted by atomic mass is 10.2. The van der Waals surface area contributed by atoms with Crippen LogP contribution in [0.3, 0.4) is 0 Å². The number of aromatic hydroxyl groups is 1. The van der Waals surface area contributed by atoms with E-state index in [2.05, 4.69) is 0 Å². The molecule has 1 aromatic rings. The van der Waals surface area contributed by atoms with Crippen LogP contribution in [0.1, 0.15) is 5.56 Å². The van der Waals surface area contributed by atoms with E-state index in [1.807, 2.05) is 0 Å². The van der Waals surface area contributed by atoms with Crippen molar-refractivity contribution in [2.45, 2.75) is 6.54 Å². The summed E-state index contributed by atoms with van der Waals surface area (Å²) < 4.78 is 0. The predicted octanol–water partition coefficient (Wildman–Crippen LogP) is 3.23. The van der Waals surface area contributed by atoms with Gasteiger partial charge in [-0.2, -0.15) is 0 Å². The second kappa shape index (κ2) is 5.13. The van der Waals surface area contributed by atoms with Crippen LogP contribution in [0, 0.1) is 0 Å². The Morgan fingerprint density at radius 3 is 2.23 bits per heavy atom. The van der Waals surface area contributed by atoms with Gasteiger partial charge in [0.1, 0.15) is 5.75 Å². The fourth-order valence-electron chi connectivity index (χ4n) is 0.822. The molecule has 2 nitrogen and oxygen atoms in total. The van der Waals surface area contributed by atoms with Gasteiger partial charge in [0.2, 0.25) is 0 Å². The van der Waals surface area contributed by atoms with Crippen LogP contribution in [-0.2, 0) is 6.54 Å². The van der Waals surface area contributed by atoms with Crippen molar-refractivity contribution in [1.82, 2.24) is 0 Å². The highest BCUT2D eigenvalue weighted by Gasteiger charge is 2.12. The average Bonchev–Trinajstić information content (AvgIpc) is 2.02. The molecular formula is C7H7Cl4NO. The molecule has 0 spiro atoms. The van der Waals surface area contributed by atoms with E-state index >= 15 is 0 Å². The Labute approximate surface area is 97.0 Å². The van der Waals surface area contributed by atoms with Crippen molar-refractivity contribution >= 4 is 47.2 Å². The number of halogens is 4. The molecular weight excluding hydrogens is 256 g/mol. The van der Waals surface area contributed by atoms with Crippen molar-refractivity contribution in [3.63, 3.8) is 0 Å².